The number of halogens is 1. The molecule has 0 spiro atoms. The molecular formula is C26H25ClN3O3-. The third-order valence-corrected chi connectivity index (χ3v) is 6.42. The molecule has 0 atom stereocenters. The van der Waals surface area contributed by atoms with Crippen LogP contribution in [0.3, 0.4) is 0 Å². The van der Waals surface area contributed by atoms with Gasteiger partial charge >= 0.3 is 0 Å². The van der Waals surface area contributed by atoms with Gasteiger partial charge in [-0.05, 0) is 41.3 Å². The van der Waals surface area contributed by atoms with Crippen LogP contribution in [-0.4, -0.2) is 29.0 Å². The Kier molecular flexibility index (Phi) is 6.94. The lowest BCUT2D eigenvalue weighted by atomic mass is 9.99. The summed E-state index contributed by atoms with van der Waals surface area (Å²) < 4.78 is 0. The minimum atomic E-state index is -0.456. The largest absolute Gasteiger partial charge is 0.871 e. The molecule has 1 N–H and O–H groups in total. The van der Waals surface area contributed by atoms with Crippen molar-refractivity contribution in [1.82, 2.24) is 10.3 Å². The van der Waals surface area contributed by atoms with Crippen molar-refractivity contribution in [3.8, 4) is 5.75 Å². The topological polar surface area (TPSA) is 84.8 Å². The Morgan fingerprint density at radius 1 is 1.12 bits per heavy atom. The van der Waals surface area contributed by atoms with Crippen LogP contribution in [0.4, 0.5) is 0 Å². The first-order valence-electron chi connectivity index (χ1n) is 11.0. The molecule has 0 saturated heterocycles. The molecule has 0 unspecified atom stereocenters. The maximum atomic E-state index is 12.3. The van der Waals surface area contributed by atoms with Crippen LogP contribution >= 0.6 is 11.6 Å². The lowest BCUT2D eigenvalue weighted by Gasteiger charge is -2.28. The van der Waals surface area contributed by atoms with E-state index in [4.69, 9.17) is 11.6 Å². The maximum Gasteiger partial charge on any atom is 0.271 e. The quantitative estimate of drug-likeness (QED) is 0.428. The van der Waals surface area contributed by atoms with E-state index in [2.05, 4.69) is 10.5 Å². The summed E-state index contributed by atoms with van der Waals surface area (Å²) in [6.45, 7) is 2.22. The van der Waals surface area contributed by atoms with Crippen LogP contribution in [0.2, 0.25) is 5.02 Å². The van der Waals surface area contributed by atoms with Crippen LogP contribution in [0, 0.1) is 0 Å². The van der Waals surface area contributed by atoms with Crippen molar-refractivity contribution in [2.75, 3.05) is 0 Å². The molecule has 2 amide bonds. The second-order valence-corrected chi connectivity index (χ2v) is 8.70. The maximum absolute atomic E-state index is 12.3. The minimum absolute atomic E-state index is 0.00887. The summed E-state index contributed by atoms with van der Waals surface area (Å²) in [7, 11) is 0. The smallest absolute Gasteiger partial charge is 0.271 e. The van der Waals surface area contributed by atoms with Gasteiger partial charge in [-0.15, -0.1) is 0 Å². The van der Waals surface area contributed by atoms with Crippen molar-refractivity contribution in [1.29, 1.82) is 0 Å². The molecule has 3 aromatic rings. The minimum Gasteiger partial charge on any atom is -0.871 e. The fourth-order valence-corrected chi connectivity index (χ4v) is 4.58. The molecule has 0 bridgehead atoms. The average Bonchev–Trinajstić information content (AvgIpc) is 3.34. The van der Waals surface area contributed by atoms with E-state index >= 15 is 0 Å². The Balaban J connectivity index is 1.55. The molecule has 1 saturated carbocycles. The molecule has 0 aromatic heterocycles. The first kappa shape index (κ1) is 22.8. The van der Waals surface area contributed by atoms with Crippen LogP contribution in [0.5, 0.6) is 5.75 Å². The Morgan fingerprint density at radius 3 is 2.55 bits per heavy atom. The SMILES string of the molecule is CC(=O)N(Cc1ccc(/C=N/NC(=O)c2ccc([O-])c(Cl)c2)c2ccccc12)C1CCCC1. The zero-order chi connectivity index (χ0) is 23.4. The summed E-state index contributed by atoms with van der Waals surface area (Å²) in [5.41, 5.74) is 4.66. The van der Waals surface area contributed by atoms with Crippen molar-refractivity contribution in [2.45, 2.75) is 45.2 Å². The molecule has 4 rings (SSSR count). The summed E-state index contributed by atoms with van der Waals surface area (Å²) in [5.74, 6) is -0.688. The van der Waals surface area contributed by atoms with Gasteiger partial charge < -0.3 is 10.0 Å². The van der Waals surface area contributed by atoms with Gasteiger partial charge in [0.25, 0.3) is 5.91 Å². The third kappa shape index (κ3) is 5.17. The number of hydrogen-bond donors (Lipinski definition) is 1. The van der Waals surface area contributed by atoms with Crippen molar-refractivity contribution in [3.05, 3.63) is 76.3 Å². The molecule has 33 heavy (non-hydrogen) atoms. The molecule has 0 radical (unpaired) electrons. The third-order valence-electron chi connectivity index (χ3n) is 6.12. The van der Waals surface area contributed by atoms with E-state index in [9.17, 15) is 14.7 Å². The molecule has 1 aliphatic rings. The van der Waals surface area contributed by atoms with Crippen LogP contribution in [0.1, 0.15) is 54.1 Å². The van der Waals surface area contributed by atoms with Gasteiger partial charge in [0.15, 0.2) is 0 Å². The van der Waals surface area contributed by atoms with Crippen LogP contribution in [-0.2, 0) is 11.3 Å². The van der Waals surface area contributed by atoms with Crippen molar-refractivity contribution >= 4 is 40.4 Å². The lowest BCUT2D eigenvalue weighted by Crippen LogP contribution is -2.36. The van der Waals surface area contributed by atoms with E-state index < -0.39 is 5.91 Å². The molecule has 6 nitrogen and oxygen atoms in total. The zero-order valence-electron chi connectivity index (χ0n) is 18.4. The van der Waals surface area contributed by atoms with Gasteiger partial charge in [0, 0.05) is 35.7 Å². The average molecular weight is 463 g/mol. The normalized spacial score (nSPS) is 14.1. The number of nitrogens with zero attached hydrogens (tertiary/aromatic N) is 2. The van der Waals surface area contributed by atoms with Gasteiger partial charge in [-0.2, -0.15) is 5.10 Å². The first-order chi connectivity index (χ1) is 15.9. The van der Waals surface area contributed by atoms with E-state index in [1.165, 1.54) is 31.0 Å². The molecule has 0 heterocycles. The summed E-state index contributed by atoms with van der Waals surface area (Å²) in [4.78, 5) is 26.6. The van der Waals surface area contributed by atoms with E-state index in [0.29, 0.717) is 12.6 Å². The number of fused-ring (bicyclic) bond motifs is 1. The van der Waals surface area contributed by atoms with Gasteiger partial charge in [0.2, 0.25) is 5.91 Å². The Hall–Kier alpha value is -3.38. The molecule has 170 valence electrons. The Morgan fingerprint density at radius 2 is 1.85 bits per heavy atom. The van der Waals surface area contributed by atoms with E-state index in [0.717, 1.165) is 34.7 Å². The van der Waals surface area contributed by atoms with Gasteiger partial charge in [-0.3, -0.25) is 9.59 Å². The highest BCUT2D eigenvalue weighted by atomic mass is 35.5. The van der Waals surface area contributed by atoms with Gasteiger partial charge in [-0.25, -0.2) is 5.43 Å². The van der Waals surface area contributed by atoms with E-state index in [-0.39, 0.29) is 22.2 Å². The van der Waals surface area contributed by atoms with Crippen molar-refractivity contribution in [2.24, 2.45) is 5.10 Å². The van der Waals surface area contributed by atoms with E-state index in [1.54, 1.807) is 13.1 Å². The predicted octanol–water partition coefficient (Wildman–Crippen LogP) is 4.62. The number of carbonyl (C=O) groups excluding carboxylic acids is 2. The van der Waals surface area contributed by atoms with E-state index in [1.807, 2.05) is 41.3 Å². The number of hydrogen-bond acceptors (Lipinski definition) is 4. The van der Waals surface area contributed by atoms with Gasteiger partial charge in [-0.1, -0.05) is 72.7 Å². The predicted molar refractivity (Wildman–Crippen MR) is 128 cm³/mol. The summed E-state index contributed by atoms with van der Waals surface area (Å²) in [6.07, 6.45) is 6.05. The molecule has 1 aliphatic carbocycles. The highest BCUT2D eigenvalue weighted by Crippen LogP contribution is 2.28. The number of hydrazone groups is 1. The molecule has 0 aliphatic heterocycles. The van der Waals surface area contributed by atoms with Crippen molar-refractivity contribution < 1.29 is 14.7 Å². The number of carbonyl (C=O) groups is 2. The summed E-state index contributed by atoms with van der Waals surface area (Å²) in [6, 6.07) is 16.2. The fraction of sp³-hybridized carbons (Fsp3) is 0.269. The number of benzene rings is 3. The molecule has 3 aromatic carbocycles. The Bertz CT molecular complexity index is 1220. The highest BCUT2D eigenvalue weighted by Gasteiger charge is 2.25. The monoisotopic (exact) mass is 462 g/mol. The second-order valence-electron chi connectivity index (χ2n) is 8.29. The zero-order valence-corrected chi connectivity index (χ0v) is 19.1. The summed E-state index contributed by atoms with van der Waals surface area (Å²) in [5, 5.41) is 17.5. The van der Waals surface area contributed by atoms with Crippen molar-refractivity contribution in [3.63, 3.8) is 0 Å². The number of amides is 2. The van der Waals surface area contributed by atoms with Crippen LogP contribution < -0.4 is 10.5 Å². The molecular weight excluding hydrogens is 438 g/mol. The highest BCUT2D eigenvalue weighted by molar-refractivity contribution is 6.32. The van der Waals surface area contributed by atoms with Gasteiger partial charge in [0.1, 0.15) is 0 Å². The first-order valence-corrected chi connectivity index (χ1v) is 11.4. The van der Waals surface area contributed by atoms with Gasteiger partial charge in [0.05, 0.1) is 6.21 Å². The second kappa shape index (κ2) is 10.0. The molecule has 7 heteroatoms. The lowest BCUT2D eigenvalue weighted by molar-refractivity contribution is -0.268. The van der Waals surface area contributed by atoms with Crippen LogP contribution in [0.15, 0.2) is 59.7 Å². The van der Waals surface area contributed by atoms with Crippen LogP contribution in [0.25, 0.3) is 10.8 Å². The summed E-state index contributed by atoms with van der Waals surface area (Å²) >= 11 is 5.81. The number of rotatable bonds is 6. The standard InChI is InChI=1S/C26H26ClN3O3/c1-17(31)30(21-6-2-3-7-21)16-20-11-10-19(22-8-4-5-9-23(20)22)15-28-29-26(33)18-12-13-25(32)24(27)14-18/h4-5,8-15,21,32H,2-3,6-7,16H2,1H3,(H,29,33)/p-1/b28-15+. The molecule has 1 fully saturated rings. The fourth-order valence-electron chi connectivity index (χ4n) is 4.40. The Labute approximate surface area is 197 Å². The number of nitrogens with one attached hydrogen (secondary N) is 1.